The first-order valence-corrected chi connectivity index (χ1v) is 4.43. The number of fused-ring (bicyclic) bond motifs is 1. The number of carboxylic acids is 1. The van der Waals surface area contributed by atoms with Crippen LogP contribution in [0.2, 0.25) is 0 Å². The Balaban J connectivity index is 2.24. The van der Waals surface area contributed by atoms with Crippen molar-refractivity contribution in [2.45, 2.75) is 0 Å². The molecule has 0 fully saturated rings. The van der Waals surface area contributed by atoms with Crippen molar-refractivity contribution in [1.82, 2.24) is 4.98 Å². The fraction of sp³-hybridized carbons (Fsp3) is 0.200. The monoisotopic (exact) mass is 207 g/mol. The average Bonchev–Trinajstić information content (AvgIpc) is 2.26. The van der Waals surface area contributed by atoms with Crippen molar-refractivity contribution in [1.29, 1.82) is 0 Å². The molecular formula is C10H9NO4. The van der Waals surface area contributed by atoms with Crippen molar-refractivity contribution in [2.75, 3.05) is 13.2 Å². The summed E-state index contributed by atoms with van der Waals surface area (Å²) < 4.78 is 10.5. The number of ether oxygens (including phenoxy) is 2. The lowest BCUT2D eigenvalue weighted by atomic mass is 10.3. The molecule has 1 N–H and O–H groups in total. The van der Waals surface area contributed by atoms with Crippen LogP contribution in [-0.2, 0) is 4.79 Å². The highest BCUT2D eigenvalue weighted by atomic mass is 16.6. The van der Waals surface area contributed by atoms with Gasteiger partial charge in [-0.25, -0.2) is 9.78 Å². The molecule has 0 spiro atoms. The first kappa shape index (κ1) is 9.51. The van der Waals surface area contributed by atoms with E-state index < -0.39 is 5.97 Å². The predicted octanol–water partition coefficient (Wildman–Crippen LogP) is 0.951. The average molecular weight is 207 g/mol. The molecule has 15 heavy (non-hydrogen) atoms. The Bertz CT molecular complexity index is 414. The van der Waals surface area contributed by atoms with Gasteiger partial charge in [0.1, 0.15) is 13.2 Å². The van der Waals surface area contributed by atoms with Crippen LogP contribution in [0.3, 0.4) is 0 Å². The molecule has 0 amide bonds. The van der Waals surface area contributed by atoms with E-state index in [-0.39, 0.29) is 0 Å². The van der Waals surface area contributed by atoms with Gasteiger partial charge in [-0.3, -0.25) is 0 Å². The number of aliphatic carboxylic acids is 1. The van der Waals surface area contributed by atoms with Gasteiger partial charge in [-0.15, -0.1) is 0 Å². The van der Waals surface area contributed by atoms with Crippen LogP contribution in [0.1, 0.15) is 5.69 Å². The van der Waals surface area contributed by atoms with Gasteiger partial charge >= 0.3 is 5.97 Å². The summed E-state index contributed by atoms with van der Waals surface area (Å²) in [6, 6.07) is 3.38. The molecule has 1 aliphatic heterocycles. The summed E-state index contributed by atoms with van der Waals surface area (Å²) in [7, 11) is 0. The Morgan fingerprint density at radius 1 is 1.40 bits per heavy atom. The van der Waals surface area contributed by atoms with E-state index in [0.29, 0.717) is 30.5 Å². The molecule has 0 unspecified atom stereocenters. The van der Waals surface area contributed by atoms with Gasteiger partial charge in [0.2, 0.25) is 0 Å². The number of nitrogens with zero attached hydrogens (tertiary/aromatic N) is 1. The molecule has 1 aromatic heterocycles. The lowest BCUT2D eigenvalue weighted by molar-refractivity contribution is -0.131. The van der Waals surface area contributed by atoms with Gasteiger partial charge in [0, 0.05) is 6.08 Å². The van der Waals surface area contributed by atoms with E-state index in [1.807, 2.05) is 0 Å². The molecule has 78 valence electrons. The predicted molar refractivity (Wildman–Crippen MR) is 51.9 cm³/mol. The van der Waals surface area contributed by atoms with Crippen LogP contribution in [0.25, 0.3) is 6.08 Å². The minimum Gasteiger partial charge on any atom is -0.484 e. The number of hydrogen-bond donors (Lipinski definition) is 1. The lowest BCUT2D eigenvalue weighted by Gasteiger charge is -2.16. The van der Waals surface area contributed by atoms with Crippen molar-refractivity contribution >= 4 is 12.0 Å². The topological polar surface area (TPSA) is 68.7 Å². The first-order valence-electron chi connectivity index (χ1n) is 4.43. The maximum atomic E-state index is 10.3. The number of aromatic nitrogens is 1. The van der Waals surface area contributed by atoms with E-state index in [4.69, 9.17) is 14.6 Å². The number of hydrogen-bond acceptors (Lipinski definition) is 4. The zero-order chi connectivity index (χ0) is 10.7. The zero-order valence-electron chi connectivity index (χ0n) is 7.84. The quantitative estimate of drug-likeness (QED) is 0.731. The van der Waals surface area contributed by atoms with E-state index in [1.165, 1.54) is 6.08 Å². The van der Waals surface area contributed by atoms with Gasteiger partial charge in [-0.05, 0) is 18.2 Å². The Labute approximate surface area is 86.0 Å². The molecule has 5 heteroatoms. The lowest BCUT2D eigenvalue weighted by Crippen LogP contribution is -2.16. The normalized spacial score (nSPS) is 14.1. The van der Waals surface area contributed by atoms with Crippen molar-refractivity contribution in [3.8, 4) is 11.6 Å². The van der Waals surface area contributed by atoms with E-state index >= 15 is 0 Å². The van der Waals surface area contributed by atoms with Crippen LogP contribution in [0.4, 0.5) is 0 Å². The number of rotatable bonds is 2. The number of carboxylic acid groups (broad SMARTS) is 1. The Morgan fingerprint density at radius 2 is 2.20 bits per heavy atom. The van der Waals surface area contributed by atoms with Crippen LogP contribution < -0.4 is 9.47 Å². The number of pyridine rings is 1. The Kier molecular flexibility index (Phi) is 2.53. The summed E-state index contributed by atoms with van der Waals surface area (Å²) in [5, 5.41) is 8.44. The summed E-state index contributed by atoms with van der Waals surface area (Å²) in [6.45, 7) is 0.977. The van der Waals surface area contributed by atoms with Crippen LogP contribution >= 0.6 is 0 Å². The SMILES string of the molecule is O=C(O)C=Cc1ccc2c(n1)OCCO2. The molecule has 2 heterocycles. The summed E-state index contributed by atoms with van der Waals surface area (Å²) in [6.07, 6.45) is 2.43. The summed E-state index contributed by atoms with van der Waals surface area (Å²) in [4.78, 5) is 14.4. The second kappa shape index (κ2) is 4.00. The van der Waals surface area contributed by atoms with E-state index in [9.17, 15) is 4.79 Å². The van der Waals surface area contributed by atoms with Gasteiger partial charge in [0.15, 0.2) is 5.75 Å². The van der Waals surface area contributed by atoms with Crippen LogP contribution in [0, 0.1) is 0 Å². The largest absolute Gasteiger partial charge is 0.484 e. The summed E-state index contributed by atoms with van der Waals surface area (Å²) >= 11 is 0. The third-order valence-electron chi connectivity index (χ3n) is 1.82. The Morgan fingerprint density at radius 3 is 3.00 bits per heavy atom. The van der Waals surface area contributed by atoms with Gasteiger partial charge in [-0.2, -0.15) is 0 Å². The van der Waals surface area contributed by atoms with E-state index in [0.717, 1.165) is 6.08 Å². The third-order valence-corrected chi connectivity index (χ3v) is 1.82. The highest BCUT2D eigenvalue weighted by Crippen LogP contribution is 2.27. The van der Waals surface area contributed by atoms with Crippen LogP contribution in [0.15, 0.2) is 18.2 Å². The highest BCUT2D eigenvalue weighted by Gasteiger charge is 2.12. The molecule has 0 saturated heterocycles. The molecule has 0 atom stereocenters. The molecule has 0 aromatic carbocycles. The molecule has 2 rings (SSSR count). The molecular weight excluding hydrogens is 198 g/mol. The van der Waals surface area contributed by atoms with Crippen LogP contribution in [0.5, 0.6) is 11.6 Å². The van der Waals surface area contributed by atoms with Crippen LogP contribution in [-0.4, -0.2) is 29.3 Å². The fourth-order valence-electron chi connectivity index (χ4n) is 1.19. The maximum Gasteiger partial charge on any atom is 0.328 e. The molecule has 1 aliphatic rings. The van der Waals surface area contributed by atoms with Gasteiger partial charge in [-0.1, -0.05) is 0 Å². The fourth-order valence-corrected chi connectivity index (χ4v) is 1.19. The Hall–Kier alpha value is -2.04. The summed E-state index contributed by atoms with van der Waals surface area (Å²) in [5.74, 6) is -0.00537. The standard InChI is InChI=1S/C10H9NO4/c12-9(13)4-2-7-1-3-8-10(11-7)15-6-5-14-8/h1-4H,5-6H2,(H,12,13). The maximum absolute atomic E-state index is 10.3. The molecule has 1 aromatic rings. The molecule has 0 radical (unpaired) electrons. The zero-order valence-corrected chi connectivity index (χ0v) is 7.84. The first-order chi connectivity index (χ1) is 7.25. The smallest absolute Gasteiger partial charge is 0.328 e. The van der Waals surface area contributed by atoms with Crippen molar-refractivity contribution in [2.24, 2.45) is 0 Å². The second-order valence-electron chi connectivity index (χ2n) is 2.91. The van der Waals surface area contributed by atoms with Gasteiger partial charge in [0.05, 0.1) is 5.69 Å². The van der Waals surface area contributed by atoms with Crippen molar-refractivity contribution < 1.29 is 19.4 Å². The van der Waals surface area contributed by atoms with E-state index in [1.54, 1.807) is 12.1 Å². The molecule has 0 saturated carbocycles. The summed E-state index contributed by atoms with van der Waals surface area (Å²) in [5.41, 5.74) is 0.529. The molecule has 5 nitrogen and oxygen atoms in total. The van der Waals surface area contributed by atoms with Gasteiger partial charge < -0.3 is 14.6 Å². The van der Waals surface area contributed by atoms with Crippen molar-refractivity contribution in [3.05, 3.63) is 23.9 Å². The minimum absolute atomic E-state index is 0.411. The van der Waals surface area contributed by atoms with Crippen molar-refractivity contribution in [3.63, 3.8) is 0 Å². The highest BCUT2D eigenvalue weighted by molar-refractivity contribution is 5.84. The number of carbonyl (C=O) groups is 1. The van der Waals surface area contributed by atoms with E-state index in [2.05, 4.69) is 4.98 Å². The molecule has 0 bridgehead atoms. The second-order valence-corrected chi connectivity index (χ2v) is 2.91. The third kappa shape index (κ3) is 2.25. The van der Waals surface area contributed by atoms with Gasteiger partial charge in [0.25, 0.3) is 5.88 Å². The minimum atomic E-state index is -1.01. The molecule has 0 aliphatic carbocycles.